The molecule has 0 fully saturated rings. The van der Waals surface area contributed by atoms with Crippen LogP contribution in [0.25, 0.3) is 10.1 Å². The van der Waals surface area contributed by atoms with Gasteiger partial charge in [0, 0.05) is 10.8 Å². The lowest BCUT2D eigenvalue weighted by atomic mass is 10.2. The molecule has 0 atom stereocenters. The molecule has 0 bridgehead atoms. The van der Waals surface area contributed by atoms with Gasteiger partial charge >= 0.3 is 0 Å². The van der Waals surface area contributed by atoms with Crippen LogP contribution in [-0.4, -0.2) is 5.11 Å². The second-order valence-corrected chi connectivity index (χ2v) is 3.65. The third-order valence-electron chi connectivity index (χ3n) is 1.61. The lowest BCUT2D eigenvalue weighted by Crippen LogP contribution is -1.75. The Morgan fingerprint density at radius 3 is 2.92 bits per heavy atom. The molecule has 1 heterocycles. The number of halogens is 2. The summed E-state index contributed by atoms with van der Waals surface area (Å²) in [5, 5.41) is 11.3. The zero-order valence-electron chi connectivity index (χ0n) is 5.84. The summed E-state index contributed by atoms with van der Waals surface area (Å²) in [5.41, 5.74) is 0. The highest BCUT2D eigenvalue weighted by atomic mass is 35.5. The Morgan fingerprint density at radius 2 is 2.17 bits per heavy atom. The first-order valence-electron chi connectivity index (χ1n) is 3.24. The van der Waals surface area contributed by atoms with Crippen molar-refractivity contribution in [1.82, 2.24) is 0 Å². The molecule has 0 aliphatic heterocycles. The topological polar surface area (TPSA) is 20.2 Å². The molecule has 1 N–H and O–H groups in total. The maximum absolute atomic E-state index is 13.2. The van der Waals surface area contributed by atoms with Crippen LogP contribution in [0.3, 0.4) is 0 Å². The summed E-state index contributed by atoms with van der Waals surface area (Å²) < 4.78 is 13.6. The Labute approximate surface area is 77.0 Å². The van der Waals surface area contributed by atoms with Crippen molar-refractivity contribution in [3.8, 4) is 5.75 Å². The van der Waals surface area contributed by atoms with Gasteiger partial charge in [0.15, 0.2) is 5.82 Å². The monoisotopic (exact) mass is 202 g/mol. The Hall–Kier alpha value is -0.800. The smallest absolute Gasteiger partial charge is 0.159 e. The Kier molecular flexibility index (Phi) is 1.70. The molecule has 0 saturated carbocycles. The summed E-state index contributed by atoms with van der Waals surface area (Å²) in [6.07, 6.45) is 0. The molecule has 0 saturated heterocycles. The van der Waals surface area contributed by atoms with Crippen LogP contribution >= 0.6 is 22.9 Å². The summed E-state index contributed by atoms with van der Waals surface area (Å²) in [5.74, 6) is -0.356. The van der Waals surface area contributed by atoms with Gasteiger partial charge in [-0.2, -0.15) is 0 Å². The van der Waals surface area contributed by atoms with Gasteiger partial charge in [-0.15, -0.1) is 11.3 Å². The van der Waals surface area contributed by atoms with Crippen molar-refractivity contribution < 1.29 is 9.50 Å². The second kappa shape index (κ2) is 2.61. The van der Waals surface area contributed by atoms with Gasteiger partial charge in [-0.3, -0.25) is 0 Å². The fourth-order valence-corrected chi connectivity index (χ4v) is 2.11. The first-order chi connectivity index (χ1) is 5.70. The lowest BCUT2D eigenvalue weighted by molar-refractivity contribution is 0.483. The largest absolute Gasteiger partial charge is 0.506 e. The molecule has 2 aromatic rings. The minimum atomic E-state index is -0.459. The van der Waals surface area contributed by atoms with Crippen molar-refractivity contribution in [3.05, 3.63) is 28.4 Å². The number of aromatic hydroxyl groups is 1. The van der Waals surface area contributed by atoms with Crippen molar-refractivity contribution in [3.63, 3.8) is 0 Å². The van der Waals surface area contributed by atoms with Crippen molar-refractivity contribution in [2.45, 2.75) is 0 Å². The van der Waals surface area contributed by atoms with Gasteiger partial charge in [-0.05, 0) is 12.1 Å². The number of hydrogen-bond acceptors (Lipinski definition) is 2. The standard InChI is InChI=1S/C8H4ClFOS/c9-5-2-1-4-6(11)3-12-8(4)7(5)10/h1-3,11H. The number of hydrogen-bond donors (Lipinski definition) is 1. The van der Waals surface area contributed by atoms with Crippen LogP contribution in [-0.2, 0) is 0 Å². The van der Waals surface area contributed by atoms with E-state index in [1.807, 2.05) is 0 Å². The average Bonchev–Trinajstić information content (AvgIpc) is 2.41. The summed E-state index contributed by atoms with van der Waals surface area (Å²) in [6.45, 7) is 0. The molecule has 62 valence electrons. The summed E-state index contributed by atoms with van der Waals surface area (Å²) in [7, 11) is 0. The van der Waals surface area contributed by atoms with E-state index >= 15 is 0 Å². The first kappa shape index (κ1) is 7.83. The minimum absolute atomic E-state index is 0.0874. The molecule has 4 heteroatoms. The fourth-order valence-electron chi connectivity index (χ4n) is 1.03. The van der Waals surface area contributed by atoms with Gasteiger partial charge in [0.25, 0.3) is 0 Å². The van der Waals surface area contributed by atoms with E-state index < -0.39 is 5.82 Å². The van der Waals surface area contributed by atoms with Gasteiger partial charge in [-0.25, -0.2) is 4.39 Å². The van der Waals surface area contributed by atoms with E-state index in [0.717, 1.165) is 11.3 Å². The molecule has 1 aromatic heterocycles. The molecule has 1 aromatic carbocycles. The maximum Gasteiger partial charge on any atom is 0.159 e. The molecule has 0 aliphatic rings. The molecular formula is C8H4ClFOS. The van der Waals surface area contributed by atoms with Gasteiger partial charge in [0.2, 0.25) is 0 Å². The molecule has 12 heavy (non-hydrogen) atoms. The zero-order valence-corrected chi connectivity index (χ0v) is 7.42. The van der Waals surface area contributed by atoms with Gasteiger partial charge in [0.05, 0.1) is 9.72 Å². The zero-order chi connectivity index (χ0) is 8.72. The highest BCUT2D eigenvalue weighted by Gasteiger charge is 2.09. The molecule has 0 spiro atoms. The second-order valence-electron chi connectivity index (χ2n) is 2.36. The number of fused-ring (bicyclic) bond motifs is 1. The van der Waals surface area contributed by atoms with Crippen LogP contribution in [0.15, 0.2) is 17.5 Å². The number of benzene rings is 1. The predicted molar refractivity (Wildman–Crippen MR) is 48.5 cm³/mol. The summed E-state index contributed by atoms with van der Waals surface area (Å²) >= 11 is 6.69. The van der Waals surface area contributed by atoms with Gasteiger partial charge in [0.1, 0.15) is 5.75 Å². The van der Waals surface area contributed by atoms with E-state index in [9.17, 15) is 9.50 Å². The van der Waals surface area contributed by atoms with Crippen LogP contribution in [0.1, 0.15) is 0 Å². The highest BCUT2D eigenvalue weighted by molar-refractivity contribution is 7.17. The molecule has 0 aliphatic carbocycles. The van der Waals surface area contributed by atoms with Crippen LogP contribution in [0.4, 0.5) is 4.39 Å². The van der Waals surface area contributed by atoms with Crippen molar-refractivity contribution in [2.75, 3.05) is 0 Å². The number of rotatable bonds is 0. The van der Waals surface area contributed by atoms with E-state index in [4.69, 9.17) is 11.6 Å². The Morgan fingerprint density at radius 1 is 1.42 bits per heavy atom. The van der Waals surface area contributed by atoms with Gasteiger partial charge < -0.3 is 5.11 Å². The number of thiophene rings is 1. The SMILES string of the molecule is Oc1csc2c(F)c(Cl)ccc12. The third-order valence-corrected chi connectivity index (χ3v) is 2.88. The molecular weight excluding hydrogens is 199 g/mol. The van der Waals surface area contributed by atoms with Crippen molar-refractivity contribution in [1.29, 1.82) is 0 Å². The maximum atomic E-state index is 13.2. The van der Waals surface area contributed by atoms with Crippen LogP contribution in [0.2, 0.25) is 5.02 Å². The summed E-state index contributed by atoms with van der Waals surface area (Å²) in [6, 6.07) is 3.04. The van der Waals surface area contributed by atoms with Crippen molar-refractivity contribution >= 4 is 33.0 Å². The van der Waals surface area contributed by atoms with Gasteiger partial charge in [-0.1, -0.05) is 11.6 Å². The molecule has 1 nitrogen and oxygen atoms in total. The predicted octanol–water partition coefficient (Wildman–Crippen LogP) is 3.40. The molecule has 0 unspecified atom stereocenters. The quantitative estimate of drug-likeness (QED) is 0.694. The van der Waals surface area contributed by atoms with E-state index in [0.29, 0.717) is 10.1 Å². The van der Waals surface area contributed by atoms with E-state index in [1.165, 1.54) is 11.4 Å². The fraction of sp³-hybridized carbons (Fsp3) is 0. The minimum Gasteiger partial charge on any atom is -0.506 e. The normalized spacial score (nSPS) is 10.8. The molecule has 0 radical (unpaired) electrons. The Balaban J connectivity index is 2.93. The Bertz CT molecular complexity index is 438. The third kappa shape index (κ3) is 0.974. The average molecular weight is 203 g/mol. The summed E-state index contributed by atoms with van der Waals surface area (Å²) in [4.78, 5) is 0. The lowest BCUT2D eigenvalue weighted by Gasteiger charge is -1.94. The molecule has 0 amide bonds. The first-order valence-corrected chi connectivity index (χ1v) is 4.50. The van der Waals surface area contributed by atoms with E-state index in [-0.39, 0.29) is 10.8 Å². The molecule has 2 rings (SSSR count). The van der Waals surface area contributed by atoms with Crippen LogP contribution in [0.5, 0.6) is 5.75 Å². The van der Waals surface area contributed by atoms with E-state index in [1.54, 1.807) is 6.07 Å². The van der Waals surface area contributed by atoms with Crippen molar-refractivity contribution in [2.24, 2.45) is 0 Å². The van der Waals surface area contributed by atoms with Crippen LogP contribution < -0.4 is 0 Å². The van der Waals surface area contributed by atoms with Crippen LogP contribution in [0, 0.1) is 5.82 Å². The van der Waals surface area contributed by atoms with E-state index in [2.05, 4.69) is 0 Å². The highest BCUT2D eigenvalue weighted by Crippen LogP contribution is 2.35.